The molecule has 14 heavy (non-hydrogen) atoms. The van der Waals surface area contributed by atoms with E-state index in [4.69, 9.17) is 11.6 Å². The summed E-state index contributed by atoms with van der Waals surface area (Å²) < 4.78 is 2.43. The normalized spacial score (nSPS) is 10.5. The minimum atomic E-state index is 0.451. The van der Waals surface area contributed by atoms with E-state index in [-0.39, 0.29) is 0 Å². The smallest absolute Gasteiger partial charge is 0.137 e. The van der Waals surface area contributed by atoms with Crippen molar-refractivity contribution in [2.45, 2.75) is 0 Å². The lowest BCUT2D eigenvalue weighted by molar-refractivity contribution is 1.09. The van der Waals surface area contributed by atoms with Gasteiger partial charge in [0.1, 0.15) is 5.01 Å². The van der Waals surface area contributed by atoms with E-state index in [2.05, 4.69) is 42.1 Å². The van der Waals surface area contributed by atoms with Crippen LogP contribution in [0.5, 0.6) is 0 Å². The first kappa shape index (κ1) is 10.5. The first-order chi connectivity index (χ1) is 6.66. The Morgan fingerprint density at radius 3 is 2.64 bits per heavy atom. The highest BCUT2D eigenvalue weighted by Crippen LogP contribution is 2.33. The lowest BCUT2D eigenvalue weighted by atomic mass is 10.2. The molecule has 0 aliphatic rings. The van der Waals surface area contributed by atoms with Crippen molar-refractivity contribution in [3.05, 3.63) is 31.6 Å². The van der Waals surface area contributed by atoms with Crippen LogP contribution in [0.4, 0.5) is 0 Å². The maximum atomic E-state index is 5.72. The van der Waals surface area contributed by atoms with Crippen LogP contribution in [0.1, 0.15) is 0 Å². The molecule has 0 unspecified atom stereocenters. The van der Waals surface area contributed by atoms with Crippen molar-refractivity contribution in [2.24, 2.45) is 0 Å². The van der Waals surface area contributed by atoms with Gasteiger partial charge >= 0.3 is 0 Å². The number of hydrogen-bond acceptors (Lipinski definition) is 3. The molecule has 0 radical (unpaired) electrons. The first-order valence-electron chi connectivity index (χ1n) is 3.61. The van der Waals surface area contributed by atoms with E-state index in [0.717, 1.165) is 19.5 Å². The summed E-state index contributed by atoms with van der Waals surface area (Å²) in [5.41, 5.74) is 0.990. The molecule has 1 aromatic heterocycles. The summed E-state index contributed by atoms with van der Waals surface area (Å²) in [5.74, 6) is 0. The van der Waals surface area contributed by atoms with E-state index >= 15 is 0 Å². The van der Waals surface area contributed by atoms with Crippen LogP contribution in [0, 0.1) is 0 Å². The summed E-state index contributed by atoms with van der Waals surface area (Å²) in [6.07, 6.45) is 0. The number of benzene rings is 1. The van der Waals surface area contributed by atoms with Crippen LogP contribution in [-0.2, 0) is 0 Å². The van der Waals surface area contributed by atoms with Gasteiger partial charge in [-0.1, -0.05) is 43.2 Å². The molecule has 2 nitrogen and oxygen atoms in total. The third-order valence-corrected chi connectivity index (χ3v) is 3.80. The summed E-state index contributed by atoms with van der Waals surface area (Å²) in [5, 5.41) is 8.54. The zero-order valence-electron chi connectivity index (χ0n) is 6.67. The molecule has 0 bridgehead atoms. The molecular formula is C8H3Br2ClN2S. The number of hydrogen-bond donors (Lipinski definition) is 0. The average molecular weight is 354 g/mol. The largest absolute Gasteiger partial charge is 0.207 e. The van der Waals surface area contributed by atoms with Gasteiger partial charge in [0.05, 0.1) is 0 Å². The topological polar surface area (TPSA) is 25.8 Å². The average Bonchev–Trinajstić information content (AvgIpc) is 2.56. The molecule has 0 saturated heterocycles. The molecule has 0 fully saturated rings. The second-order valence-corrected chi connectivity index (χ2v) is 5.81. The third kappa shape index (κ3) is 2.16. The number of rotatable bonds is 1. The molecule has 72 valence electrons. The van der Waals surface area contributed by atoms with Crippen molar-refractivity contribution in [3.63, 3.8) is 0 Å². The van der Waals surface area contributed by atoms with Crippen LogP contribution in [0.25, 0.3) is 10.6 Å². The Kier molecular flexibility index (Phi) is 3.21. The lowest BCUT2D eigenvalue weighted by Crippen LogP contribution is -1.79. The van der Waals surface area contributed by atoms with Gasteiger partial charge < -0.3 is 0 Å². The van der Waals surface area contributed by atoms with Gasteiger partial charge in [-0.2, -0.15) is 0 Å². The van der Waals surface area contributed by atoms with Crippen molar-refractivity contribution in [3.8, 4) is 10.6 Å². The van der Waals surface area contributed by atoms with Crippen LogP contribution >= 0.6 is 54.8 Å². The Morgan fingerprint density at radius 1 is 1.21 bits per heavy atom. The molecule has 2 aromatic rings. The minimum Gasteiger partial charge on any atom is -0.137 e. The third-order valence-electron chi connectivity index (χ3n) is 1.56. The van der Waals surface area contributed by atoms with Gasteiger partial charge in [0.25, 0.3) is 0 Å². The fourth-order valence-corrected chi connectivity index (χ4v) is 2.76. The van der Waals surface area contributed by atoms with Crippen molar-refractivity contribution in [1.29, 1.82) is 0 Å². The number of nitrogens with zero attached hydrogens (tertiary/aromatic N) is 2. The fraction of sp³-hybridized carbons (Fsp3) is 0. The van der Waals surface area contributed by atoms with Crippen LogP contribution in [0.2, 0.25) is 4.47 Å². The lowest BCUT2D eigenvalue weighted by Gasteiger charge is -1.99. The zero-order chi connectivity index (χ0) is 10.1. The zero-order valence-corrected chi connectivity index (χ0v) is 11.4. The molecule has 0 aliphatic heterocycles. The molecular weight excluding hydrogens is 351 g/mol. The maximum Gasteiger partial charge on any atom is 0.207 e. The van der Waals surface area contributed by atoms with E-state index < -0.39 is 0 Å². The Hall–Kier alpha value is 0.0300. The standard InChI is InChI=1S/C8H3Br2ClN2S/c9-4-1-2-6(10)5(3-4)7-12-13-8(11)14-7/h1-3H. The van der Waals surface area contributed by atoms with Gasteiger partial charge in [0.2, 0.25) is 4.47 Å². The second kappa shape index (κ2) is 4.26. The maximum absolute atomic E-state index is 5.72. The second-order valence-electron chi connectivity index (χ2n) is 2.48. The molecule has 2 rings (SSSR count). The highest BCUT2D eigenvalue weighted by molar-refractivity contribution is 9.11. The Balaban J connectivity index is 2.55. The van der Waals surface area contributed by atoms with E-state index in [0.29, 0.717) is 4.47 Å². The fourth-order valence-electron chi connectivity index (χ4n) is 0.976. The van der Waals surface area contributed by atoms with Crippen molar-refractivity contribution < 1.29 is 0 Å². The first-order valence-corrected chi connectivity index (χ1v) is 6.39. The summed E-state index contributed by atoms with van der Waals surface area (Å²) in [7, 11) is 0. The Labute approximate surface area is 107 Å². The molecule has 0 saturated carbocycles. The van der Waals surface area contributed by atoms with Gasteiger partial charge in [-0.05, 0) is 29.8 Å². The van der Waals surface area contributed by atoms with E-state index in [9.17, 15) is 0 Å². The SMILES string of the molecule is Clc1nnc(-c2cc(Br)ccc2Br)s1. The van der Waals surface area contributed by atoms with Crippen LogP contribution in [-0.4, -0.2) is 10.2 Å². The van der Waals surface area contributed by atoms with Gasteiger partial charge in [-0.3, -0.25) is 0 Å². The number of aromatic nitrogens is 2. The van der Waals surface area contributed by atoms with Crippen LogP contribution < -0.4 is 0 Å². The monoisotopic (exact) mass is 352 g/mol. The molecule has 0 amide bonds. The van der Waals surface area contributed by atoms with Crippen molar-refractivity contribution in [1.82, 2.24) is 10.2 Å². The minimum absolute atomic E-state index is 0.451. The molecule has 0 N–H and O–H groups in total. The van der Waals surface area contributed by atoms with E-state index in [1.807, 2.05) is 18.2 Å². The van der Waals surface area contributed by atoms with Gasteiger partial charge in [0.15, 0.2) is 0 Å². The molecule has 0 aliphatic carbocycles. The molecule has 0 spiro atoms. The van der Waals surface area contributed by atoms with Gasteiger partial charge in [-0.25, -0.2) is 0 Å². The highest BCUT2D eigenvalue weighted by Gasteiger charge is 2.08. The van der Waals surface area contributed by atoms with Crippen molar-refractivity contribution >= 4 is 54.8 Å². The highest BCUT2D eigenvalue weighted by atomic mass is 79.9. The molecule has 1 aromatic carbocycles. The molecule has 6 heteroatoms. The summed E-state index contributed by atoms with van der Waals surface area (Å²) in [6.45, 7) is 0. The predicted molar refractivity (Wildman–Crippen MR) is 65.8 cm³/mol. The van der Waals surface area contributed by atoms with E-state index in [1.54, 1.807) is 0 Å². The van der Waals surface area contributed by atoms with Crippen molar-refractivity contribution in [2.75, 3.05) is 0 Å². The quantitative estimate of drug-likeness (QED) is 0.759. The summed E-state index contributed by atoms with van der Waals surface area (Å²) >= 11 is 13.9. The number of halogens is 3. The van der Waals surface area contributed by atoms with Gasteiger partial charge in [-0.15, -0.1) is 10.2 Å². The summed E-state index contributed by atoms with van der Waals surface area (Å²) in [6, 6.07) is 5.88. The van der Waals surface area contributed by atoms with Crippen LogP contribution in [0.15, 0.2) is 27.1 Å². The predicted octanol–water partition coefficient (Wildman–Crippen LogP) is 4.38. The molecule has 0 atom stereocenters. The Bertz CT molecular complexity index is 472. The van der Waals surface area contributed by atoms with E-state index in [1.165, 1.54) is 11.3 Å². The summed E-state index contributed by atoms with van der Waals surface area (Å²) in [4.78, 5) is 0. The molecule has 1 heterocycles. The Morgan fingerprint density at radius 2 is 2.00 bits per heavy atom. The van der Waals surface area contributed by atoms with Gasteiger partial charge in [0, 0.05) is 14.5 Å². The van der Waals surface area contributed by atoms with Crippen LogP contribution in [0.3, 0.4) is 0 Å².